The highest BCUT2D eigenvalue weighted by atomic mass is 31.2. The lowest BCUT2D eigenvalue weighted by molar-refractivity contribution is -0.122. The number of carbonyl (C=O) groups is 1. The Hall–Kier alpha value is -0.480. The zero-order valence-electron chi connectivity index (χ0n) is 11.5. The zero-order valence-corrected chi connectivity index (χ0v) is 12.4. The third-order valence-corrected chi connectivity index (χ3v) is 4.62. The van der Waals surface area contributed by atoms with Crippen LogP contribution in [0.25, 0.3) is 0 Å². The minimum Gasteiger partial charge on any atom is -0.388 e. The first-order chi connectivity index (χ1) is 8.27. The lowest BCUT2D eigenvalue weighted by Gasteiger charge is -2.25. The fourth-order valence-electron chi connectivity index (χ4n) is 1.57. The number of rotatable bonds is 9. The Morgan fingerprint density at radius 1 is 1.28 bits per heavy atom. The lowest BCUT2D eigenvalue weighted by atomic mass is 9.96. The van der Waals surface area contributed by atoms with Crippen LogP contribution < -0.4 is 0 Å². The van der Waals surface area contributed by atoms with Gasteiger partial charge in [0.2, 0.25) is 0 Å². The number of carbonyl (C=O) groups excluding carboxylic acids is 1. The van der Waals surface area contributed by atoms with E-state index in [9.17, 15) is 14.5 Å². The Labute approximate surface area is 109 Å². The summed E-state index contributed by atoms with van der Waals surface area (Å²) >= 11 is 0. The van der Waals surface area contributed by atoms with Crippen LogP contribution in [0, 0.1) is 5.92 Å². The van der Waals surface area contributed by atoms with Crippen LogP contribution in [0.3, 0.4) is 0 Å². The molecule has 0 aromatic rings. The van der Waals surface area contributed by atoms with Gasteiger partial charge in [-0.05, 0) is 27.7 Å². The SMILES string of the molecule is C=C(C)[C@@H](O)[C@@H](CP(=O)(OCC)OCC)C(C)=O. The molecule has 18 heavy (non-hydrogen) atoms. The molecule has 0 spiro atoms. The van der Waals surface area contributed by atoms with Gasteiger partial charge in [0.15, 0.2) is 0 Å². The maximum atomic E-state index is 12.3. The molecule has 0 aromatic heterocycles. The van der Waals surface area contributed by atoms with E-state index < -0.39 is 19.6 Å². The highest BCUT2D eigenvalue weighted by Crippen LogP contribution is 2.50. The first kappa shape index (κ1) is 17.5. The number of aliphatic hydroxyl groups is 1. The second-order valence-corrected chi connectivity index (χ2v) is 6.24. The predicted molar refractivity (Wildman–Crippen MR) is 70.7 cm³/mol. The van der Waals surface area contributed by atoms with Gasteiger partial charge >= 0.3 is 7.60 Å². The molecule has 1 N–H and O–H groups in total. The summed E-state index contributed by atoms with van der Waals surface area (Å²) in [4.78, 5) is 11.5. The smallest absolute Gasteiger partial charge is 0.331 e. The van der Waals surface area contributed by atoms with Crippen LogP contribution in [-0.2, 0) is 18.4 Å². The van der Waals surface area contributed by atoms with E-state index >= 15 is 0 Å². The molecule has 0 radical (unpaired) electrons. The third kappa shape index (κ3) is 5.44. The molecule has 6 heteroatoms. The molecule has 0 saturated heterocycles. The molecule has 0 rings (SSSR count). The molecule has 0 aliphatic heterocycles. The van der Waals surface area contributed by atoms with E-state index in [-0.39, 0.29) is 25.2 Å². The molecule has 0 heterocycles. The molecule has 0 unspecified atom stereocenters. The Bertz CT molecular complexity index is 329. The predicted octanol–water partition coefficient (Wildman–Crippen LogP) is 2.39. The number of aliphatic hydroxyl groups excluding tert-OH is 1. The molecular formula is C12H23O5P. The van der Waals surface area contributed by atoms with Gasteiger partial charge in [-0.2, -0.15) is 0 Å². The summed E-state index contributed by atoms with van der Waals surface area (Å²) in [6, 6.07) is 0. The van der Waals surface area contributed by atoms with Crippen molar-refractivity contribution >= 4 is 13.4 Å². The lowest BCUT2D eigenvalue weighted by Crippen LogP contribution is -2.31. The first-order valence-electron chi connectivity index (χ1n) is 5.99. The van der Waals surface area contributed by atoms with E-state index in [0.29, 0.717) is 5.57 Å². The normalized spacial score (nSPS) is 15.2. The largest absolute Gasteiger partial charge is 0.388 e. The van der Waals surface area contributed by atoms with E-state index in [1.165, 1.54) is 6.92 Å². The van der Waals surface area contributed by atoms with Gasteiger partial charge in [0.05, 0.1) is 31.4 Å². The third-order valence-electron chi connectivity index (χ3n) is 2.48. The second-order valence-electron chi connectivity index (χ2n) is 4.14. The van der Waals surface area contributed by atoms with E-state index in [0.717, 1.165) is 0 Å². The Morgan fingerprint density at radius 3 is 2.00 bits per heavy atom. The Balaban J connectivity index is 4.99. The van der Waals surface area contributed by atoms with E-state index in [2.05, 4.69) is 6.58 Å². The summed E-state index contributed by atoms with van der Waals surface area (Å²) in [6.07, 6.45) is -1.16. The summed E-state index contributed by atoms with van der Waals surface area (Å²) < 4.78 is 22.6. The van der Waals surface area contributed by atoms with Gasteiger partial charge in [-0.25, -0.2) is 0 Å². The van der Waals surface area contributed by atoms with Gasteiger partial charge < -0.3 is 14.2 Å². The van der Waals surface area contributed by atoms with Crippen molar-refractivity contribution in [2.75, 3.05) is 19.4 Å². The molecule has 0 amide bonds. The quantitative estimate of drug-likeness (QED) is 0.518. The van der Waals surface area contributed by atoms with Crippen molar-refractivity contribution in [2.45, 2.75) is 33.8 Å². The van der Waals surface area contributed by atoms with Crippen LogP contribution >= 0.6 is 7.60 Å². The molecule has 5 nitrogen and oxygen atoms in total. The van der Waals surface area contributed by atoms with E-state index in [1.807, 2.05) is 0 Å². The van der Waals surface area contributed by atoms with Crippen molar-refractivity contribution in [1.82, 2.24) is 0 Å². The van der Waals surface area contributed by atoms with Crippen LogP contribution in [0.2, 0.25) is 0 Å². The molecule has 0 fully saturated rings. The van der Waals surface area contributed by atoms with Crippen LogP contribution in [-0.4, -0.2) is 36.4 Å². The molecule has 0 aromatic carbocycles. The van der Waals surface area contributed by atoms with E-state index in [4.69, 9.17) is 9.05 Å². The number of hydrogen-bond donors (Lipinski definition) is 1. The van der Waals surface area contributed by atoms with Crippen LogP contribution in [0.15, 0.2) is 12.2 Å². The van der Waals surface area contributed by atoms with Crippen molar-refractivity contribution in [2.24, 2.45) is 5.92 Å². The molecular weight excluding hydrogens is 255 g/mol. The van der Waals surface area contributed by atoms with Crippen molar-refractivity contribution in [3.05, 3.63) is 12.2 Å². The highest BCUT2D eigenvalue weighted by Gasteiger charge is 2.35. The summed E-state index contributed by atoms with van der Waals surface area (Å²) in [5.41, 5.74) is 0.453. The molecule has 0 saturated carbocycles. The minimum absolute atomic E-state index is 0.127. The number of hydrogen-bond acceptors (Lipinski definition) is 5. The highest BCUT2D eigenvalue weighted by molar-refractivity contribution is 7.53. The van der Waals surface area contributed by atoms with Gasteiger partial charge in [0.25, 0.3) is 0 Å². The average Bonchev–Trinajstić information content (AvgIpc) is 2.25. The van der Waals surface area contributed by atoms with Crippen molar-refractivity contribution in [3.8, 4) is 0 Å². The van der Waals surface area contributed by atoms with Crippen molar-refractivity contribution in [1.29, 1.82) is 0 Å². The van der Waals surface area contributed by atoms with Gasteiger partial charge in [-0.3, -0.25) is 9.36 Å². The maximum Gasteiger partial charge on any atom is 0.331 e. The topological polar surface area (TPSA) is 72.8 Å². The number of Topliss-reactive ketones (excluding diaryl/α,β-unsaturated/α-hetero) is 1. The summed E-state index contributed by atoms with van der Waals surface area (Å²) in [7, 11) is -3.34. The van der Waals surface area contributed by atoms with Crippen LogP contribution in [0.5, 0.6) is 0 Å². The average molecular weight is 278 g/mol. The minimum atomic E-state index is -3.34. The summed E-state index contributed by atoms with van der Waals surface area (Å²) in [6.45, 7) is 10.4. The van der Waals surface area contributed by atoms with Crippen LogP contribution in [0.4, 0.5) is 0 Å². The molecule has 0 aliphatic carbocycles. The second kappa shape index (κ2) is 7.85. The van der Waals surface area contributed by atoms with Crippen molar-refractivity contribution < 1.29 is 23.5 Å². The Morgan fingerprint density at radius 2 is 1.72 bits per heavy atom. The fraction of sp³-hybridized carbons (Fsp3) is 0.750. The Kier molecular flexibility index (Phi) is 7.64. The first-order valence-corrected chi connectivity index (χ1v) is 7.72. The van der Waals surface area contributed by atoms with E-state index in [1.54, 1.807) is 20.8 Å². The summed E-state index contributed by atoms with van der Waals surface area (Å²) in [5, 5.41) is 9.90. The van der Waals surface area contributed by atoms with Crippen LogP contribution in [0.1, 0.15) is 27.7 Å². The van der Waals surface area contributed by atoms with Gasteiger partial charge in [-0.1, -0.05) is 12.2 Å². The molecule has 0 bridgehead atoms. The zero-order chi connectivity index (χ0) is 14.3. The van der Waals surface area contributed by atoms with Gasteiger partial charge in [0.1, 0.15) is 5.78 Å². The van der Waals surface area contributed by atoms with Gasteiger partial charge in [-0.15, -0.1) is 0 Å². The van der Waals surface area contributed by atoms with Gasteiger partial charge in [0, 0.05) is 0 Å². The molecule has 2 atom stereocenters. The van der Waals surface area contributed by atoms with Crippen molar-refractivity contribution in [3.63, 3.8) is 0 Å². The molecule has 0 aliphatic rings. The standard InChI is InChI=1S/C12H23O5P/c1-6-16-18(15,17-7-2)8-11(10(5)13)12(14)9(3)4/h11-12,14H,3,6-8H2,1-2,4-5H3/t11-,12+/m0/s1. The summed E-state index contributed by atoms with van der Waals surface area (Å²) in [5.74, 6) is -1.07. The fourth-order valence-corrected chi connectivity index (χ4v) is 3.58. The monoisotopic (exact) mass is 278 g/mol. The number of ketones is 1. The maximum absolute atomic E-state index is 12.3. The molecule has 106 valence electrons.